The number of hydrogen-bond donors (Lipinski definition) is 3. The number of nitrogen functional groups attached to an aromatic ring is 2. The fraction of sp³-hybridized carbons (Fsp3) is 0.200. The molecular weight excluding hydrogens is 204 g/mol. The molecule has 14 heavy (non-hydrogen) atoms. The van der Waals surface area contributed by atoms with Crippen molar-refractivity contribution in [3.8, 4) is 0 Å². The van der Waals surface area contributed by atoms with E-state index >= 15 is 0 Å². The molecule has 2 aromatic rings. The van der Waals surface area contributed by atoms with Gasteiger partial charge in [0, 0.05) is 0 Å². The lowest BCUT2D eigenvalue weighted by Crippen LogP contribution is -2.08. The number of nitrogens with zero attached hydrogens (tertiary/aromatic N) is 5. The molecule has 0 aromatic carbocycles. The van der Waals surface area contributed by atoms with Gasteiger partial charge in [0.1, 0.15) is 0 Å². The van der Waals surface area contributed by atoms with E-state index in [1.54, 1.807) is 0 Å². The summed E-state index contributed by atoms with van der Waals surface area (Å²) in [6.07, 6.45) is 1.86. The van der Waals surface area contributed by atoms with Gasteiger partial charge in [0.25, 0.3) is 11.7 Å². The van der Waals surface area contributed by atoms with Crippen LogP contribution in [0.15, 0.2) is 5.16 Å². The SMILES string of the molecule is CSc1nc(N)nc2nc(NN)nn12. The van der Waals surface area contributed by atoms with Crippen molar-refractivity contribution in [1.82, 2.24) is 24.6 Å². The maximum absolute atomic E-state index is 5.48. The Labute approximate surface area is 83.1 Å². The normalized spacial score (nSPS) is 10.7. The molecule has 0 spiro atoms. The van der Waals surface area contributed by atoms with Crippen molar-refractivity contribution >= 4 is 29.4 Å². The Balaban J connectivity index is 2.71. The Bertz CT molecular complexity index is 464. The number of hydrogen-bond acceptors (Lipinski definition) is 8. The molecular formula is C5H8N8S. The molecule has 0 unspecified atom stereocenters. The van der Waals surface area contributed by atoms with E-state index < -0.39 is 0 Å². The number of nitrogens with one attached hydrogen (secondary N) is 1. The van der Waals surface area contributed by atoms with Gasteiger partial charge in [-0.3, -0.25) is 5.43 Å². The molecule has 8 nitrogen and oxygen atoms in total. The van der Waals surface area contributed by atoms with Crippen LogP contribution in [-0.2, 0) is 0 Å². The average molecular weight is 212 g/mol. The lowest BCUT2D eigenvalue weighted by Gasteiger charge is -1.98. The van der Waals surface area contributed by atoms with Crippen molar-refractivity contribution in [1.29, 1.82) is 0 Å². The van der Waals surface area contributed by atoms with Gasteiger partial charge in [0.05, 0.1) is 0 Å². The van der Waals surface area contributed by atoms with Gasteiger partial charge in [-0.05, 0) is 6.26 Å². The third kappa shape index (κ3) is 1.32. The van der Waals surface area contributed by atoms with Gasteiger partial charge in [-0.15, -0.1) is 5.10 Å². The van der Waals surface area contributed by atoms with Crippen LogP contribution in [0.5, 0.6) is 0 Å². The standard InChI is InChI=1S/C5H8N8S/c1-14-5-9-2(6)8-4-10-3(11-7)12-13(4)5/h7H2,1H3,(H3,6,8,10,11,12). The minimum Gasteiger partial charge on any atom is -0.368 e. The lowest BCUT2D eigenvalue weighted by atomic mass is 10.9. The summed E-state index contributed by atoms with van der Waals surface area (Å²) in [6.45, 7) is 0. The number of fused-ring (bicyclic) bond motifs is 1. The molecule has 0 aliphatic carbocycles. The zero-order valence-corrected chi connectivity index (χ0v) is 8.12. The molecule has 0 saturated carbocycles. The van der Waals surface area contributed by atoms with Crippen molar-refractivity contribution in [2.45, 2.75) is 5.16 Å². The first-order chi connectivity index (χ1) is 6.74. The van der Waals surface area contributed by atoms with Crippen LogP contribution in [0.4, 0.5) is 11.9 Å². The zero-order chi connectivity index (χ0) is 10.1. The van der Waals surface area contributed by atoms with E-state index in [2.05, 4.69) is 25.5 Å². The number of nitrogens with two attached hydrogens (primary N) is 2. The smallest absolute Gasteiger partial charge is 0.259 e. The molecule has 0 amide bonds. The number of aromatic nitrogens is 5. The molecule has 0 aliphatic rings. The summed E-state index contributed by atoms with van der Waals surface area (Å²) >= 11 is 1.40. The number of thioether (sulfide) groups is 1. The largest absolute Gasteiger partial charge is 0.368 e. The second-order valence-electron chi connectivity index (χ2n) is 2.36. The Morgan fingerprint density at radius 2 is 2.14 bits per heavy atom. The van der Waals surface area contributed by atoms with E-state index in [-0.39, 0.29) is 11.9 Å². The highest BCUT2D eigenvalue weighted by molar-refractivity contribution is 7.98. The molecule has 9 heteroatoms. The fourth-order valence-electron chi connectivity index (χ4n) is 0.971. The first-order valence-electron chi connectivity index (χ1n) is 3.65. The van der Waals surface area contributed by atoms with E-state index in [1.165, 1.54) is 16.3 Å². The average Bonchev–Trinajstić information content (AvgIpc) is 2.59. The predicted octanol–water partition coefficient (Wildman–Crippen LogP) is -0.891. The maximum Gasteiger partial charge on any atom is 0.259 e. The van der Waals surface area contributed by atoms with Crippen LogP contribution in [0.2, 0.25) is 0 Å². The second kappa shape index (κ2) is 3.27. The second-order valence-corrected chi connectivity index (χ2v) is 3.13. The molecule has 74 valence electrons. The Morgan fingerprint density at radius 1 is 1.36 bits per heavy atom. The predicted molar refractivity (Wildman–Crippen MR) is 52.6 cm³/mol. The summed E-state index contributed by atoms with van der Waals surface area (Å²) in [6, 6.07) is 0. The maximum atomic E-state index is 5.48. The molecule has 0 saturated heterocycles. The number of rotatable bonds is 2. The summed E-state index contributed by atoms with van der Waals surface area (Å²) < 4.78 is 1.47. The monoisotopic (exact) mass is 212 g/mol. The third-order valence-electron chi connectivity index (χ3n) is 1.51. The van der Waals surface area contributed by atoms with Crippen molar-refractivity contribution in [3.05, 3.63) is 0 Å². The molecule has 0 radical (unpaired) electrons. The summed E-state index contributed by atoms with van der Waals surface area (Å²) in [5.41, 5.74) is 7.81. The van der Waals surface area contributed by atoms with Crippen LogP contribution in [0.3, 0.4) is 0 Å². The van der Waals surface area contributed by atoms with Crippen molar-refractivity contribution in [2.24, 2.45) is 5.84 Å². The molecule has 2 aromatic heterocycles. The quantitative estimate of drug-likeness (QED) is 0.333. The summed E-state index contributed by atoms with van der Waals surface area (Å²) in [4.78, 5) is 11.9. The van der Waals surface area contributed by atoms with E-state index in [0.717, 1.165) is 0 Å². The fourth-order valence-corrected chi connectivity index (χ4v) is 1.45. The van der Waals surface area contributed by atoms with E-state index in [9.17, 15) is 0 Å². The molecule has 0 bridgehead atoms. The number of anilines is 2. The molecule has 0 fully saturated rings. The Hall–Kier alpha value is -1.61. The van der Waals surface area contributed by atoms with E-state index in [4.69, 9.17) is 11.6 Å². The first kappa shape index (κ1) is 8.97. The Kier molecular flexibility index (Phi) is 2.09. The van der Waals surface area contributed by atoms with Crippen LogP contribution in [0, 0.1) is 0 Å². The topological polar surface area (TPSA) is 120 Å². The highest BCUT2D eigenvalue weighted by atomic mass is 32.2. The van der Waals surface area contributed by atoms with Gasteiger partial charge in [-0.1, -0.05) is 11.8 Å². The lowest BCUT2D eigenvalue weighted by molar-refractivity contribution is 0.778. The third-order valence-corrected chi connectivity index (χ3v) is 2.14. The van der Waals surface area contributed by atoms with Crippen LogP contribution in [-0.4, -0.2) is 30.8 Å². The highest BCUT2D eigenvalue weighted by Gasteiger charge is 2.09. The van der Waals surface area contributed by atoms with Gasteiger partial charge in [-0.2, -0.15) is 19.5 Å². The van der Waals surface area contributed by atoms with Gasteiger partial charge in [-0.25, -0.2) is 5.84 Å². The molecule has 0 atom stereocenters. The molecule has 0 aliphatic heterocycles. The van der Waals surface area contributed by atoms with Crippen molar-refractivity contribution < 1.29 is 0 Å². The van der Waals surface area contributed by atoms with Crippen LogP contribution in [0.1, 0.15) is 0 Å². The van der Waals surface area contributed by atoms with Crippen molar-refractivity contribution in [2.75, 3.05) is 17.4 Å². The molecule has 2 rings (SSSR count). The van der Waals surface area contributed by atoms with E-state index in [0.29, 0.717) is 10.9 Å². The van der Waals surface area contributed by atoms with Crippen LogP contribution >= 0.6 is 11.8 Å². The highest BCUT2D eigenvalue weighted by Crippen LogP contribution is 2.14. The minimum absolute atomic E-state index is 0.165. The van der Waals surface area contributed by atoms with Gasteiger partial charge < -0.3 is 5.73 Å². The van der Waals surface area contributed by atoms with Gasteiger partial charge in [0.2, 0.25) is 5.95 Å². The van der Waals surface area contributed by atoms with Gasteiger partial charge >= 0.3 is 0 Å². The van der Waals surface area contributed by atoms with Crippen LogP contribution < -0.4 is 17.0 Å². The molecule has 2 heterocycles. The number of hydrazine groups is 1. The van der Waals surface area contributed by atoms with E-state index in [1.807, 2.05) is 6.26 Å². The first-order valence-corrected chi connectivity index (χ1v) is 4.88. The summed E-state index contributed by atoms with van der Waals surface area (Å²) in [5.74, 6) is 5.98. The minimum atomic E-state index is 0.165. The Morgan fingerprint density at radius 3 is 2.79 bits per heavy atom. The van der Waals surface area contributed by atoms with Gasteiger partial charge in [0.15, 0.2) is 5.16 Å². The zero-order valence-electron chi connectivity index (χ0n) is 7.30. The summed E-state index contributed by atoms with van der Waals surface area (Å²) in [5, 5.41) is 4.62. The molecule has 5 N–H and O–H groups in total. The van der Waals surface area contributed by atoms with Crippen LogP contribution in [0.25, 0.3) is 5.78 Å². The summed E-state index contributed by atoms with van der Waals surface area (Å²) in [7, 11) is 0. The van der Waals surface area contributed by atoms with Crippen molar-refractivity contribution in [3.63, 3.8) is 0 Å².